The maximum absolute atomic E-state index is 12.6. The molecule has 7 heteroatoms. The molecule has 1 aliphatic rings. The van der Waals surface area contributed by atoms with E-state index in [4.69, 9.17) is 4.52 Å². The first-order valence-corrected chi connectivity index (χ1v) is 9.05. The molecule has 1 N–H and O–H groups in total. The van der Waals surface area contributed by atoms with Gasteiger partial charge in [0.15, 0.2) is 11.5 Å². The number of nitrogens with one attached hydrogen (secondary N) is 1. The summed E-state index contributed by atoms with van der Waals surface area (Å²) < 4.78 is 5.31. The van der Waals surface area contributed by atoms with E-state index in [-0.39, 0.29) is 11.6 Å². The van der Waals surface area contributed by atoms with Crippen molar-refractivity contribution in [3.8, 4) is 11.3 Å². The minimum Gasteiger partial charge on any atom is -0.355 e. The van der Waals surface area contributed by atoms with Crippen LogP contribution in [0.25, 0.3) is 11.3 Å². The number of rotatable bonds is 4. The van der Waals surface area contributed by atoms with Crippen molar-refractivity contribution in [1.29, 1.82) is 0 Å². The van der Waals surface area contributed by atoms with Gasteiger partial charge in [0.05, 0.1) is 17.1 Å². The van der Waals surface area contributed by atoms with Crippen molar-refractivity contribution in [2.45, 2.75) is 26.7 Å². The van der Waals surface area contributed by atoms with Gasteiger partial charge < -0.3 is 14.7 Å². The molecule has 4 rings (SSSR count). The molecular weight excluding hydrogens is 342 g/mol. The van der Waals surface area contributed by atoms with Crippen molar-refractivity contribution in [3.63, 3.8) is 0 Å². The number of amides is 1. The molecule has 3 aromatic rings. The van der Waals surface area contributed by atoms with Gasteiger partial charge in [0, 0.05) is 24.7 Å². The molecule has 27 heavy (non-hydrogen) atoms. The molecule has 0 radical (unpaired) electrons. The van der Waals surface area contributed by atoms with Crippen LogP contribution in [-0.2, 0) is 0 Å². The Labute approximate surface area is 157 Å². The third-order valence-corrected chi connectivity index (χ3v) is 4.69. The van der Waals surface area contributed by atoms with Gasteiger partial charge in [-0.05, 0) is 26.7 Å². The van der Waals surface area contributed by atoms with Crippen LogP contribution in [-0.4, -0.2) is 34.1 Å². The lowest BCUT2D eigenvalue weighted by Gasteiger charge is -2.18. The Morgan fingerprint density at radius 1 is 1.07 bits per heavy atom. The van der Waals surface area contributed by atoms with E-state index in [1.54, 1.807) is 6.07 Å². The summed E-state index contributed by atoms with van der Waals surface area (Å²) in [7, 11) is 0. The van der Waals surface area contributed by atoms with Gasteiger partial charge in [-0.2, -0.15) is 0 Å². The number of carbonyl (C=O) groups is 1. The molecule has 0 aliphatic carbocycles. The van der Waals surface area contributed by atoms with Gasteiger partial charge in [0.25, 0.3) is 5.91 Å². The van der Waals surface area contributed by atoms with E-state index in [0.717, 1.165) is 48.8 Å². The standard InChI is InChI=1S/C20H21N5O2/c1-13-18(14(2)22-20(21-13)25-10-6-7-11-25)23-19(26)16-12-17(27-24-16)15-8-4-3-5-9-15/h3-5,8-9,12H,6-7,10-11H2,1-2H3,(H,23,26). The van der Waals surface area contributed by atoms with Gasteiger partial charge in [0.1, 0.15) is 0 Å². The van der Waals surface area contributed by atoms with Crippen LogP contribution in [0.15, 0.2) is 40.9 Å². The lowest BCUT2D eigenvalue weighted by Crippen LogP contribution is -2.22. The summed E-state index contributed by atoms with van der Waals surface area (Å²) in [6.07, 6.45) is 2.33. The zero-order chi connectivity index (χ0) is 18.8. The zero-order valence-electron chi connectivity index (χ0n) is 15.4. The molecule has 3 heterocycles. The van der Waals surface area contributed by atoms with Gasteiger partial charge in [-0.15, -0.1) is 0 Å². The minimum atomic E-state index is -0.343. The molecule has 0 saturated carbocycles. The molecule has 0 spiro atoms. The normalized spacial score (nSPS) is 13.8. The molecule has 138 valence electrons. The highest BCUT2D eigenvalue weighted by molar-refractivity contribution is 6.03. The Morgan fingerprint density at radius 3 is 2.41 bits per heavy atom. The van der Waals surface area contributed by atoms with E-state index < -0.39 is 0 Å². The molecule has 1 aromatic carbocycles. The molecule has 1 fully saturated rings. The fourth-order valence-electron chi connectivity index (χ4n) is 3.24. The predicted molar refractivity (Wildman–Crippen MR) is 103 cm³/mol. The van der Waals surface area contributed by atoms with Crippen molar-refractivity contribution < 1.29 is 9.32 Å². The van der Waals surface area contributed by atoms with E-state index >= 15 is 0 Å². The number of nitrogens with zero attached hydrogens (tertiary/aromatic N) is 4. The summed E-state index contributed by atoms with van der Waals surface area (Å²) in [5, 5.41) is 6.76. The van der Waals surface area contributed by atoms with Gasteiger partial charge >= 0.3 is 0 Å². The number of benzene rings is 1. The van der Waals surface area contributed by atoms with Crippen molar-refractivity contribution in [2.24, 2.45) is 0 Å². The Morgan fingerprint density at radius 2 is 1.74 bits per heavy atom. The van der Waals surface area contributed by atoms with E-state index in [1.807, 2.05) is 44.2 Å². The van der Waals surface area contributed by atoms with Crippen LogP contribution in [0.2, 0.25) is 0 Å². The monoisotopic (exact) mass is 363 g/mol. The van der Waals surface area contributed by atoms with Gasteiger partial charge in [0.2, 0.25) is 5.95 Å². The SMILES string of the molecule is Cc1nc(N2CCCC2)nc(C)c1NC(=O)c1cc(-c2ccccc2)on1. The van der Waals surface area contributed by atoms with Crippen LogP contribution in [0.5, 0.6) is 0 Å². The van der Waals surface area contributed by atoms with Crippen LogP contribution < -0.4 is 10.2 Å². The molecular formula is C20H21N5O2. The van der Waals surface area contributed by atoms with E-state index in [0.29, 0.717) is 11.4 Å². The van der Waals surface area contributed by atoms with E-state index in [2.05, 4.69) is 25.3 Å². The van der Waals surface area contributed by atoms with Gasteiger partial charge in [-0.1, -0.05) is 35.5 Å². The number of anilines is 2. The molecule has 1 aliphatic heterocycles. The third kappa shape index (κ3) is 3.53. The van der Waals surface area contributed by atoms with Crippen molar-refractivity contribution in [3.05, 3.63) is 53.5 Å². The largest absolute Gasteiger partial charge is 0.355 e. The molecule has 0 atom stereocenters. The van der Waals surface area contributed by atoms with Gasteiger partial charge in [-0.3, -0.25) is 4.79 Å². The van der Waals surface area contributed by atoms with Crippen molar-refractivity contribution in [1.82, 2.24) is 15.1 Å². The maximum atomic E-state index is 12.6. The second kappa shape index (κ2) is 7.19. The zero-order valence-corrected chi connectivity index (χ0v) is 15.4. The lowest BCUT2D eigenvalue weighted by atomic mass is 10.1. The highest BCUT2D eigenvalue weighted by Gasteiger charge is 2.20. The fourth-order valence-corrected chi connectivity index (χ4v) is 3.24. The Hall–Kier alpha value is -3.22. The first-order valence-electron chi connectivity index (χ1n) is 9.05. The van der Waals surface area contributed by atoms with Crippen molar-refractivity contribution >= 4 is 17.5 Å². The van der Waals surface area contributed by atoms with Crippen LogP contribution in [0.1, 0.15) is 34.7 Å². The second-order valence-electron chi connectivity index (χ2n) is 6.66. The summed E-state index contributed by atoms with van der Waals surface area (Å²) >= 11 is 0. The Bertz CT molecular complexity index is 939. The quantitative estimate of drug-likeness (QED) is 0.762. The molecule has 1 saturated heterocycles. The number of aryl methyl sites for hydroxylation is 2. The van der Waals surface area contributed by atoms with Crippen LogP contribution in [0, 0.1) is 13.8 Å². The average molecular weight is 363 g/mol. The second-order valence-corrected chi connectivity index (χ2v) is 6.66. The molecule has 0 unspecified atom stereocenters. The number of hydrogen-bond acceptors (Lipinski definition) is 6. The summed E-state index contributed by atoms with van der Waals surface area (Å²) in [6, 6.07) is 11.2. The number of carbonyl (C=O) groups excluding carboxylic acids is 1. The Kier molecular flexibility index (Phi) is 4.58. The van der Waals surface area contributed by atoms with Crippen LogP contribution in [0.3, 0.4) is 0 Å². The predicted octanol–water partition coefficient (Wildman–Crippen LogP) is 3.60. The highest BCUT2D eigenvalue weighted by atomic mass is 16.5. The smallest absolute Gasteiger partial charge is 0.277 e. The van der Waals surface area contributed by atoms with Crippen LogP contribution in [0.4, 0.5) is 11.6 Å². The van der Waals surface area contributed by atoms with Gasteiger partial charge in [-0.25, -0.2) is 9.97 Å². The third-order valence-electron chi connectivity index (χ3n) is 4.69. The minimum absolute atomic E-state index is 0.219. The Balaban J connectivity index is 1.54. The van der Waals surface area contributed by atoms with Crippen LogP contribution >= 0.6 is 0 Å². The lowest BCUT2D eigenvalue weighted by molar-refractivity contribution is 0.101. The molecule has 2 aromatic heterocycles. The fraction of sp³-hybridized carbons (Fsp3) is 0.300. The highest BCUT2D eigenvalue weighted by Crippen LogP contribution is 2.24. The van der Waals surface area contributed by atoms with Crippen molar-refractivity contribution in [2.75, 3.05) is 23.3 Å². The first-order chi connectivity index (χ1) is 13.1. The van der Waals surface area contributed by atoms with E-state index in [9.17, 15) is 4.79 Å². The topological polar surface area (TPSA) is 84.2 Å². The summed E-state index contributed by atoms with van der Waals surface area (Å²) in [4.78, 5) is 23.9. The summed E-state index contributed by atoms with van der Waals surface area (Å²) in [6.45, 7) is 5.71. The molecule has 0 bridgehead atoms. The average Bonchev–Trinajstić information content (AvgIpc) is 3.37. The number of aromatic nitrogens is 3. The first kappa shape index (κ1) is 17.2. The summed E-state index contributed by atoms with van der Waals surface area (Å²) in [5.41, 5.74) is 3.19. The summed E-state index contributed by atoms with van der Waals surface area (Å²) in [5.74, 6) is 0.938. The maximum Gasteiger partial charge on any atom is 0.277 e. The number of hydrogen-bond donors (Lipinski definition) is 1. The molecule has 1 amide bonds. The van der Waals surface area contributed by atoms with E-state index in [1.165, 1.54) is 0 Å². The molecule has 7 nitrogen and oxygen atoms in total.